The van der Waals surface area contributed by atoms with Gasteiger partial charge >= 0.3 is 0 Å². The van der Waals surface area contributed by atoms with Gasteiger partial charge in [-0.05, 0) is 58.0 Å². The summed E-state index contributed by atoms with van der Waals surface area (Å²) >= 11 is 0. The maximum atomic E-state index is 10.1. The number of nitrogens with zero attached hydrogens (tertiary/aromatic N) is 1. The third kappa shape index (κ3) is 4.71. The summed E-state index contributed by atoms with van der Waals surface area (Å²) in [5.41, 5.74) is 0.467. The van der Waals surface area contributed by atoms with Crippen molar-refractivity contribution in [1.82, 2.24) is 10.2 Å². The Morgan fingerprint density at radius 3 is 2.79 bits per heavy atom. The van der Waals surface area contributed by atoms with Crippen molar-refractivity contribution in [3.05, 3.63) is 0 Å². The molecule has 112 valence electrons. The zero-order valence-electron chi connectivity index (χ0n) is 12.5. The summed E-state index contributed by atoms with van der Waals surface area (Å²) in [6.07, 6.45) is 5.09. The molecular formula is C15H30N2O2. The number of ether oxygens (including phenoxy) is 1. The van der Waals surface area contributed by atoms with E-state index in [1.807, 2.05) is 13.8 Å². The van der Waals surface area contributed by atoms with Gasteiger partial charge in [0.1, 0.15) is 0 Å². The van der Waals surface area contributed by atoms with Gasteiger partial charge in [-0.3, -0.25) is 0 Å². The summed E-state index contributed by atoms with van der Waals surface area (Å²) in [6.45, 7) is 9.83. The van der Waals surface area contributed by atoms with E-state index in [1.54, 1.807) is 0 Å². The van der Waals surface area contributed by atoms with Crippen LogP contribution in [0, 0.1) is 5.41 Å². The topological polar surface area (TPSA) is 44.7 Å². The van der Waals surface area contributed by atoms with Crippen molar-refractivity contribution >= 4 is 0 Å². The van der Waals surface area contributed by atoms with Crippen molar-refractivity contribution in [2.24, 2.45) is 5.41 Å². The molecule has 19 heavy (non-hydrogen) atoms. The second-order valence-electron chi connectivity index (χ2n) is 6.65. The number of aliphatic hydroxyl groups is 1. The van der Waals surface area contributed by atoms with Gasteiger partial charge in [-0.25, -0.2) is 0 Å². The molecular weight excluding hydrogens is 240 g/mol. The van der Waals surface area contributed by atoms with Crippen LogP contribution in [0.4, 0.5) is 0 Å². The maximum Gasteiger partial charge on any atom is 0.0900 e. The average molecular weight is 270 g/mol. The predicted molar refractivity (Wildman–Crippen MR) is 77.3 cm³/mol. The Bertz CT molecular complexity index is 259. The highest BCUT2D eigenvalue weighted by Gasteiger charge is 2.36. The van der Waals surface area contributed by atoms with Crippen LogP contribution in [0.15, 0.2) is 0 Å². The third-order valence-electron chi connectivity index (χ3n) is 4.39. The number of hydrogen-bond acceptors (Lipinski definition) is 4. The minimum atomic E-state index is -0.353. The van der Waals surface area contributed by atoms with Gasteiger partial charge in [-0.2, -0.15) is 0 Å². The summed E-state index contributed by atoms with van der Waals surface area (Å²) in [5, 5.41) is 13.6. The van der Waals surface area contributed by atoms with E-state index >= 15 is 0 Å². The van der Waals surface area contributed by atoms with Gasteiger partial charge in [-0.15, -0.1) is 0 Å². The molecule has 2 fully saturated rings. The van der Waals surface area contributed by atoms with Crippen LogP contribution in [-0.4, -0.2) is 61.5 Å². The zero-order valence-corrected chi connectivity index (χ0v) is 12.5. The van der Waals surface area contributed by atoms with Crippen LogP contribution in [0.25, 0.3) is 0 Å². The summed E-state index contributed by atoms with van der Waals surface area (Å²) < 4.78 is 5.49. The molecule has 2 rings (SSSR count). The lowest BCUT2D eigenvalue weighted by Gasteiger charge is -2.46. The molecule has 2 aliphatic rings. The van der Waals surface area contributed by atoms with Crippen LogP contribution < -0.4 is 5.32 Å². The highest BCUT2D eigenvalue weighted by molar-refractivity contribution is 4.91. The predicted octanol–water partition coefficient (Wildman–Crippen LogP) is 1.24. The molecule has 2 saturated heterocycles. The quantitative estimate of drug-likeness (QED) is 0.789. The largest absolute Gasteiger partial charge is 0.389 e. The Hall–Kier alpha value is -0.160. The number of piperidine rings is 2. The van der Waals surface area contributed by atoms with Gasteiger partial charge in [0, 0.05) is 19.6 Å². The highest BCUT2D eigenvalue weighted by atomic mass is 16.5. The first-order valence-electron chi connectivity index (χ1n) is 7.82. The fourth-order valence-electron chi connectivity index (χ4n) is 3.50. The number of rotatable bonds is 5. The van der Waals surface area contributed by atoms with Crippen molar-refractivity contribution in [1.29, 1.82) is 0 Å². The van der Waals surface area contributed by atoms with Crippen molar-refractivity contribution in [2.75, 3.05) is 39.3 Å². The lowest BCUT2D eigenvalue weighted by Crippen LogP contribution is -2.52. The fourth-order valence-corrected chi connectivity index (χ4v) is 3.50. The van der Waals surface area contributed by atoms with E-state index in [0.717, 1.165) is 26.2 Å². The van der Waals surface area contributed by atoms with E-state index in [0.29, 0.717) is 12.0 Å². The molecule has 0 amide bonds. The molecule has 2 aliphatic heterocycles. The molecule has 0 bridgehead atoms. The van der Waals surface area contributed by atoms with Gasteiger partial charge in [0.05, 0.1) is 18.8 Å². The van der Waals surface area contributed by atoms with E-state index < -0.39 is 0 Å². The summed E-state index contributed by atoms with van der Waals surface area (Å²) in [7, 11) is 0. The first kappa shape index (κ1) is 15.2. The molecule has 4 nitrogen and oxygen atoms in total. The molecule has 0 aromatic carbocycles. The van der Waals surface area contributed by atoms with Crippen molar-refractivity contribution in [3.63, 3.8) is 0 Å². The van der Waals surface area contributed by atoms with Crippen molar-refractivity contribution in [3.8, 4) is 0 Å². The number of hydrogen-bond donors (Lipinski definition) is 2. The average Bonchev–Trinajstić information content (AvgIpc) is 2.37. The highest BCUT2D eigenvalue weighted by Crippen LogP contribution is 2.35. The molecule has 0 saturated carbocycles. The maximum absolute atomic E-state index is 10.1. The molecule has 2 unspecified atom stereocenters. The van der Waals surface area contributed by atoms with Crippen LogP contribution in [0.1, 0.15) is 39.5 Å². The van der Waals surface area contributed by atoms with E-state index in [9.17, 15) is 5.11 Å². The SMILES string of the molecule is CC(C)OCC(O)CN1CCCC2(CCCNC2)C1. The van der Waals surface area contributed by atoms with Crippen LogP contribution in [0.2, 0.25) is 0 Å². The van der Waals surface area contributed by atoms with Gasteiger partial charge in [0.25, 0.3) is 0 Å². The summed E-state index contributed by atoms with van der Waals surface area (Å²) in [6, 6.07) is 0. The van der Waals surface area contributed by atoms with Crippen molar-refractivity contribution in [2.45, 2.75) is 51.7 Å². The van der Waals surface area contributed by atoms with E-state index in [1.165, 1.54) is 32.2 Å². The second kappa shape index (κ2) is 7.02. The van der Waals surface area contributed by atoms with Crippen LogP contribution in [0.3, 0.4) is 0 Å². The summed E-state index contributed by atoms with van der Waals surface area (Å²) in [4.78, 5) is 2.44. The Morgan fingerprint density at radius 1 is 1.32 bits per heavy atom. The van der Waals surface area contributed by atoms with Crippen LogP contribution in [-0.2, 0) is 4.74 Å². The van der Waals surface area contributed by atoms with E-state index in [4.69, 9.17) is 4.74 Å². The minimum Gasteiger partial charge on any atom is -0.389 e. The van der Waals surface area contributed by atoms with Gasteiger partial charge in [-0.1, -0.05) is 0 Å². The van der Waals surface area contributed by atoms with Crippen LogP contribution >= 0.6 is 0 Å². The lowest BCUT2D eigenvalue weighted by atomic mass is 9.74. The van der Waals surface area contributed by atoms with Crippen LogP contribution in [0.5, 0.6) is 0 Å². The third-order valence-corrected chi connectivity index (χ3v) is 4.39. The first-order chi connectivity index (χ1) is 9.10. The Morgan fingerprint density at radius 2 is 2.11 bits per heavy atom. The fraction of sp³-hybridized carbons (Fsp3) is 1.00. The minimum absolute atomic E-state index is 0.199. The number of likely N-dealkylation sites (tertiary alicyclic amines) is 1. The molecule has 2 heterocycles. The zero-order chi connectivity index (χ0) is 13.7. The first-order valence-corrected chi connectivity index (χ1v) is 7.82. The van der Waals surface area contributed by atoms with E-state index in [-0.39, 0.29) is 12.2 Å². The monoisotopic (exact) mass is 270 g/mol. The Kier molecular flexibility index (Phi) is 5.63. The second-order valence-corrected chi connectivity index (χ2v) is 6.65. The van der Waals surface area contributed by atoms with E-state index in [2.05, 4.69) is 10.2 Å². The molecule has 0 aromatic rings. The number of β-amino-alcohol motifs (C(OH)–C–C–N with tert-alkyl or cyclic N) is 1. The summed E-state index contributed by atoms with van der Waals surface area (Å²) in [5.74, 6) is 0. The Labute approximate surface area is 117 Å². The normalized spacial score (nSPS) is 30.9. The smallest absolute Gasteiger partial charge is 0.0900 e. The molecule has 0 aliphatic carbocycles. The molecule has 0 radical (unpaired) electrons. The number of aliphatic hydroxyl groups excluding tert-OH is 1. The molecule has 2 atom stereocenters. The van der Waals surface area contributed by atoms with Crippen molar-refractivity contribution < 1.29 is 9.84 Å². The standard InChI is InChI=1S/C15H30N2O2/c1-13(2)19-10-14(18)9-17-8-4-6-15(12-17)5-3-7-16-11-15/h13-14,16,18H,3-12H2,1-2H3. The lowest BCUT2D eigenvalue weighted by molar-refractivity contribution is -0.0241. The van der Waals surface area contributed by atoms with Gasteiger partial charge in [0.2, 0.25) is 0 Å². The molecule has 2 N–H and O–H groups in total. The number of nitrogens with one attached hydrogen (secondary N) is 1. The van der Waals surface area contributed by atoms with Gasteiger partial charge in [0.15, 0.2) is 0 Å². The Balaban J connectivity index is 1.77. The van der Waals surface area contributed by atoms with Gasteiger partial charge < -0.3 is 20.1 Å². The molecule has 4 heteroatoms. The molecule has 1 spiro atoms. The molecule has 0 aromatic heterocycles.